The molecule has 122 valence electrons. The van der Waals surface area contributed by atoms with Crippen LogP contribution in [-0.2, 0) is 10.0 Å². The predicted molar refractivity (Wildman–Crippen MR) is 91.3 cm³/mol. The van der Waals surface area contributed by atoms with Crippen LogP contribution in [0.3, 0.4) is 0 Å². The molecule has 0 bridgehead atoms. The smallest absolute Gasteiger partial charge is 0.291 e. The number of nitrogens with one attached hydrogen (secondary N) is 1. The Morgan fingerprint density at radius 3 is 2.70 bits per heavy atom. The Hall–Kier alpha value is -1.80. The van der Waals surface area contributed by atoms with Crippen LogP contribution in [0.2, 0.25) is 0 Å². The summed E-state index contributed by atoms with van der Waals surface area (Å²) in [5.41, 5.74) is 1.95. The Morgan fingerprint density at radius 1 is 1.30 bits per heavy atom. The van der Waals surface area contributed by atoms with E-state index in [1.165, 1.54) is 4.31 Å². The fourth-order valence-corrected chi connectivity index (χ4v) is 4.31. The summed E-state index contributed by atoms with van der Waals surface area (Å²) in [7, 11) is -3.25. The number of amides is 1. The highest BCUT2D eigenvalue weighted by Gasteiger charge is 2.28. The average Bonchev–Trinajstić information content (AvgIpc) is 3.07. The molecule has 1 aromatic carbocycles. The number of furan rings is 1. The first-order chi connectivity index (χ1) is 10.9. The van der Waals surface area contributed by atoms with E-state index in [1.54, 1.807) is 30.3 Å². The Bertz CT molecular complexity index is 860. The third-order valence-electron chi connectivity index (χ3n) is 3.65. The highest BCUT2D eigenvalue weighted by molar-refractivity contribution is 9.10. The van der Waals surface area contributed by atoms with Crippen molar-refractivity contribution in [2.45, 2.75) is 13.3 Å². The Kier molecular flexibility index (Phi) is 4.20. The first kappa shape index (κ1) is 16.1. The van der Waals surface area contributed by atoms with E-state index in [9.17, 15) is 13.2 Å². The molecule has 3 rings (SSSR count). The van der Waals surface area contributed by atoms with E-state index in [4.69, 9.17) is 4.42 Å². The second kappa shape index (κ2) is 6.01. The van der Waals surface area contributed by atoms with Crippen LogP contribution >= 0.6 is 15.9 Å². The van der Waals surface area contributed by atoms with Gasteiger partial charge in [0.1, 0.15) is 0 Å². The van der Waals surface area contributed by atoms with Gasteiger partial charge in [-0.25, -0.2) is 8.42 Å². The highest BCUT2D eigenvalue weighted by atomic mass is 79.9. The highest BCUT2D eigenvalue weighted by Crippen LogP contribution is 2.29. The van der Waals surface area contributed by atoms with Crippen molar-refractivity contribution in [2.24, 2.45) is 0 Å². The van der Waals surface area contributed by atoms with Gasteiger partial charge in [-0.3, -0.25) is 9.10 Å². The molecule has 6 nitrogen and oxygen atoms in total. The molecular formula is C15H15BrN2O4S. The SMILES string of the molecule is Cc1ccc(N2CCCS2(=O)=O)cc1NC(=O)c1ccc(Br)o1. The van der Waals surface area contributed by atoms with E-state index in [1.807, 2.05) is 6.92 Å². The summed E-state index contributed by atoms with van der Waals surface area (Å²) in [6, 6.07) is 8.40. The van der Waals surface area contributed by atoms with Gasteiger partial charge in [-0.1, -0.05) is 6.07 Å². The van der Waals surface area contributed by atoms with E-state index in [0.29, 0.717) is 29.0 Å². The number of sulfonamides is 1. The van der Waals surface area contributed by atoms with Gasteiger partial charge in [-0.05, 0) is 59.1 Å². The summed E-state index contributed by atoms with van der Waals surface area (Å²) in [5, 5.41) is 2.76. The van der Waals surface area contributed by atoms with Crippen LogP contribution in [0.5, 0.6) is 0 Å². The van der Waals surface area contributed by atoms with Gasteiger partial charge >= 0.3 is 0 Å². The number of halogens is 1. The maximum atomic E-state index is 12.2. The Morgan fingerprint density at radius 2 is 2.09 bits per heavy atom. The van der Waals surface area contributed by atoms with Crippen LogP contribution in [0.4, 0.5) is 11.4 Å². The maximum absolute atomic E-state index is 12.2. The van der Waals surface area contributed by atoms with Gasteiger partial charge in [0.25, 0.3) is 5.91 Å². The number of rotatable bonds is 3. The zero-order chi connectivity index (χ0) is 16.6. The van der Waals surface area contributed by atoms with Crippen LogP contribution < -0.4 is 9.62 Å². The third kappa shape index (κ3) is 3.28. The van der Waals surface area contributed by atoms with Gasteiger partial charge in [0.2, 0.25) is 10.0 Å². The number of carbonyl (C=O) groups is 1. The number of hydrogen-bond donors (Lipinski definition) is 1. The third-order valence-corrected chi connectivity index (χ3v) is 5.95. The van der Waals surface area contributed by atoms with Gasteiger partial charge in [-0.15, -0.1) is 0 Å². The molecule has 1 aliphatic rings. The van der Waals surface area contributed by atoms with Crippen LogP contribution in [0.15, 0.2) is 39.4 Å². The van der Waals surface area contributed by atoms with E-state index >= 15 is 0 Å². The minimum absolute atomic E-state index is 0.156. The maximum Gasteiger partial charge on any atom is 0.291 e. The molecule has 0 unspecified atom stereocenters. The summed E-state index contributed by atoms with van der Waals surface area (Å²) >= 11 is 3.15. The number of benzene rings is 1. The summed E-state index contributed by atoms with van der Waals surface area (Å²) in [5.74, 6) is -0.0566. The van der Waals surface area contributed by atoms with Crippen molar-refractivity contribution < 1.29 is 17.6 Å². The molecule has 2 heterocycles. The van der Waals surface area contributed by atoms with Crippen LogP contribution in [-0.4, -0.2) is 26.6 Å². The standard InChI is InChI=1S/C15H15BrN2O4S/c1-10-3-4-11(18-7-2-8-23(18,20)21)9-12(10)17-15(19)13-5-6-14(16)22-13/h3-6,9H,2,7-8H2,1H3,(H,17,19). The Balaban J connectivity index is 1.88. The molecule has 0 saturated carbocycles. The molecule has 2 aromatic rings. The van der Waals surface area contributed by atoms with Crippen molar-refractivity contribution >= 4 is 43.2 Å². The zero-order valence-corrected chi connectivity index (χ0v) is 14.8. The second-order valence-corrected chi connectivity index (χ2v) is 8.09. The fraction of sp³-hybridized carbons (Fsp3) is 0.267. The largest absolute Gasteiger partial charge is 0.444 e. The molecule has 1 saturated heterocycles. The normalized spacial score (nSPS) is 16.5. The van der Waals surface area contributed by atoms with Crippen LogP contribution in [0.25, 0.3) is 0 Å². The fourth-order valence-electron chi connectivity index (χ4n) is 2.45. The van der Waals surface area contributed by atoms with E-state index in [0.717, 1.165) is 5.56 Å². The lowest BCUT2D eigenvalue weighted by Crippen LogP contribution is -2.25. The van der Waals surface area contributed by atoms with Gasteiger partial charge in [0, 0.05) is 12.2 Å². The van der Waals surface area contributed by atoms with E-state index in [2.05, 4.69) is 21.2 Å². The summed E-state index contributed by atoms with van der Waals surface area (Å²) in [6.07, 6.45) is 0.609. The van der Waals surface area contributed by atoms with E-state index in [-0.39, 0.29) is 17.4 Å². The lowest BCUT2D eigenvalue weighted by molar-refractivity contribution is 0.0995. The second-order valence-electron chi connectivity index (χ2n) is 5.30. The quantitative estimate of drug-likeness (QED) is 0.860. The number of aryl methyl sites for hydroxylation is 1. The van der Waals surface area contributed by atoms with E-state index < -0.39 is 10.0 Å². The zero-order valence-electron chi connectivity index (χ0n) is 12.4. The molecular weight excluding hydrogens is 384 g/mol. The monoisotopic (exact) mass is 398 g/mol. The van der Waals surface area contributed by atoms with Gasteiger partial charge < -0.3 is 9.73 Å². The molecule has 1 N–H and O–H groups in total. The lowest BCUT2D eigenvalue weighted by atomic mass is 10.1. The summed E-state index contributed by atoms with van der Waals surface area (Å²) in [6.45, 7) is 2.31. The summed E-state index contributed by atoms with van der Waals surface area (Å²) in [4.78, 5) is 12.2. The topological polar surface area (TPSA) is 79.6 Å². The predicted octanol–water partition coefficient (Wildman–Crippen LogP) is 3.14. The molecule has 1 amide bonds. The molecule has 23 heavy (non-hydrogen) atoms. The minimum Gasteiger partial charge on any atom is -0.444 e. The molecule has 1 aliphatic heterocycles. The molecule has 0 atom stereocenters. The molecule has 1 aromatic heterocycles. The van der Waals surface area contributed by atoms with Crippen molar-refractivity contribution in [3.05, 3.63) is 46.3 Å². The van der Waals surface area contributed by atoms with Crippen molar-refractivity contribution in [3.63, 3.8) is 0 Å². The van der Waals surface area contributed by atoms with Crippen molar-refractivity contribution in [1.29, 1.82) is 0 Å². The van der Waals surface area contributed by atoms with Gasteiger partial charge in [-0.2, -0.15) is 0 Å². The van der Waals surface area contributed by atoms with Crippen LogP contribution in [0.1, 0.15) is 22.5 Å². The molecule has 0 spiro atoms. The van der Waals surface area contributed by atoms with Gasteiger partial charge in [0.15, 0.2) is 10.4 Å². The average molecular weight is 399 g/mol. The van der Waals surface area contributed by atoms with Crippen LogP contribution in [0, 0.1) is 6.92 Å². The summed E-state index contributed by atoms with van der Waals surface area (Å²) < 4.78 is 31.1. The Labute approximate surface area is 142 Å². The number of hydrogen-bond acceptors (Lipinski definition) is 4. The van der Waals surface area contributed by atoms with Crippen molar-refractivity contribution in [3.8, 4) is 0 Å². The lowest BCUT2D eigenvalue weighted by Gasteiger charge is -2.18. The number of nitrogens with zero attached hydrogens (tertiary/aromatic N) is 1. The van der Waals surface area contributed by atoms with Gasteiger partial charge in [0.05, 0.1) is 11.4 Å². The molecule has 0 aliphatic carbocycles. The van der Waals surface area contributed by atoms with Crippen molar-refractivity contribution in [1.82, 2.24) is 0 Å². The first-order valence-electron chi connectivity index (χ1n) is 7.04. The number of anilines is 2. The first-order valence-corrected chi connectivity index (χ1v) is 9.45. The van der Waals surface area contributed by atoms with Crippen molar-refractivity contribution in [2.75, 3.05) is 21.9 Å². The minimum atomic E-state index is -3.25. The number of carbonyl (C=O) groups excluding carboxylic acids is 1. The molecule has 8 heteroatoms. The molecule has 0 radical (unpaired) electrons. The molecule has 1 fully saturated rings.